The summed E-state index contributed by atoms with van der Waals surface area (Å²) in [5.74, 6) is -0.847. The van der Waals surface area contributed by atoms with Crippen LogP contribution in [0.1, 0.15) is 15.2 Å². The van der Waals surface area contributed by atoms with Gasteiger partial charge in [-0.05, 0) is 40.8 Å². The molecule has 1 unspecified atom stereocenters. The number of carbonyl (C=O) groups excluding carboxylic acids is 2. The molecule has 1 aromatic heterocycles. The third-order valence-corrected chi connectivity index (χ3v) is 6.02. The molecule has 0 fully saturated rings. The number of hydrogen-bond acceptors (Lipinski definition) is 4. The molecule has 3 aromatic carbocycles. The third kappa shape index (κ3) is 2.34. The second-order valence-electron chi connectivity index (χ2n) is 6.45. The van der Waals surface area contributed by atoms with Crippen LogP contribution in [0, 0.1) is 5.92 Å². The molecular weight excluding hydrogens is 344 g/mol. The fourth-order valence-electron chi connectivity index (χ4n) is 3.56. The van der Waals surface area contributed by atoms with Crippen molar-refractivity contribution in [3.63, 3.8) is 0 Å². The van der Waals surface area contributed by atoms with E-state index < -0.39 is 11.9 Å². The summed E-state index contributed by atoms with van der Waals surface area (Å²) in [4.78, 5) is 26.1. The van der Waals surface area contributed by atoms with E-state index in [0.717, 1.165) is 26.4 Å². The Balaban J connectivity index is 1.57. The van der Waals surface area contributed by atoms with Gasteiger partial charge in [0.25, 0.3) is 0 Å². The zero-order valence-corrected chi connectivity index (χ0v) is 14.6. The lowest BCUT2D eigenvalue weighted by atomic mass is 9.89. The van der Waals surface area contributed by atoms with Crippen molar-refractivity contribution in [1.82, 2.24) is 0 Å². The Kier molecular flexibility index (Phi) is 3.40. The minimum absolute atomic E-state index is 0.158. The number of carbonyl (C=O) groups is 2. The first-order valence-corrected chi connectivity index (χ1v) is 9.27. The quantitative estimate of drug-likeness (QED) is 0.219. The second-order valence-corrected chi connectivity index (χ2v) is 7.54. The number of ether oxygens (including phenoxy) is 1. The summed E-state index contributed by atoms with van der Waals surface area (Å²) in [5, 5.41) is 3.14. The van der Waals surface area contributed by atoms with Crippen LogP contribution < -0.4 is 4.74 Å². The summed E-state index contributed by atoms with van der Waals surface area (Å²) in [7, 11) is 0. The number of esters is 1. The van der Waals surface area contributed by atoms with Crippen molar-refractivity contribution in [2.45, 2.75) is 6.42 Å². The Bertz CT molecular complexity index is 1160. The maximum absolute atomic E-state index is 13.0. The molecule has 1 atom stereocenters. The van der Waals surface area contributed by atoms with Gasteiger partial charge in [-0.15, -0.1) is 11.3 Å². The maximum Gasteiger partial charge on any atom is 0.322 e. The van der Waals surface area contributed by atoms with E-state index in [1.54, 1.807) is 0 Å². The minimum Gasteiger partial charge on any atom is -0.426 e. The van der Waals surface area contributed by atoms with Gasteiger partial charge in [0, 0.05) is 10.3 Å². The number of ketones is 1. The lowest BCUT2D eigenvalue weighted by Gasteiger charge is -2.23. The fourth-order valence-corrected chi connectivity index (χ4v) is 4.62. The topological polar surface area (TPSA) is 43.4 Å². The molecule has 0 bridgehead atoms. The van der Waals surface area contributed by atoms with Crippen molar-refractivity contribution < 1.29 is 14.3 Å². The zero-order chi connectivity index (χ0) is 17.7. The van der Waals surface area contributed by atoms with Crippen molar-refractivity contribution in [1.29, 1.82) is 0 Å². The monoisotopic (exact) mass is 358 g/mol. The van der Waals surface area contributed by atoms with Gasteiger partial charge in [0.2, 0.25) is 0 Å². The molecule has 3 nitrogen and oxygen atoms in total. The number of Topliss-reactive ketones (excluding diaryl/α,β-unsaturated/α-hetero) is 1. The number of rotatable bonds is 2. The molecule has 2 heterocycles. The standard InChI is InChI=1S/C22H14O3S/c23-21(20-11-14-6-2-4-8-19(14)26-20)17-12-16-15-7-3-1-5-13(15)9-10-18(16)25-22(17)24/h1-11,17H,12H2. The normalized spacial score (nSPS) is 16.5. The number of thiophene rings is 1. The van der Waals surface area contributed by atoms with Gasteiger partial charge in [-0.25, -0.2) is 0 Å². The molecular formula is C22H14O3S. The van der Waals surface area contributed by atoms with Crippen molar-refractivity contribution in [2.75, 3.05) is 0 Å². The lowest BCUT2D eigenvalue weighted by Crippen LogP contribution is -2.33. The Morgan fingerprint density at radius 1 is 0.962 bits per heavy atom. The molecule has 4 aromatic rings. The van der Waals surface area contributed by atoms with E-state index in [4.69, 9.17) is 4.74 Å². The van der Waals surface area contributed by atoms with Gasteiger partial charge in [0.05, 0.1) is 4.88 Å². The molecule has 0 N–H and O–H groups in total. The summed E-state index contributed by atoms with van der Waals surface area (Å²) in [6, 6.07) is 21.4. The second kappa shape index (κ2) is 5.78. The molecule has 5 rings (SSSR count). The van der Waals surface area contributed by atoms with E-state index in [2.05, 4.69) is 0 Å². The van der Waals surface area contributed by atoms with Crippen LogP contribution >= 0.6 is 11.3 Å². The summed E-state index contributed by atoms with van der Waals surface area (Å²) in [6.07, 6.45) is 0.378. The Morgan fingerprint density at radius 3 is 2.58 bits per heavy atom. The largest absolute Gasteiger partial charge is 0.426 e. The average Bonchev–Trinajstić information content (AvgIpc) is 3.11. The van der Waals surface area contributed by atoms with Gasteiger partial charge in [0.1, 0.15) is 11.7 Å². The van der Waals surface area contributed by atoms with Crippen molar-refractivity contribution in [2.24, 2.45) is 5.92 Å². The molecule has 126 valence electrons. The van der Waals surface area contributed by atoms with Gasteiger partial charge in [0.15, 0.2) is 5.78 Å². The predicted molar refractivity (Wildman–Crippen MR) is 103 cm³/mol. The third-order valence-electron chi connectivity index (χ3n) is 4.89. The first-order chi connectivity index (χ1) is 12.7. The highest BCUT2D eigenvalue weighted by molar-refractivity contribution is 7.20. The molecule has 26 heavy (non-hydrogen) atoms. The van der Waals surface area contributed by atoms with Crippen LogP contribution in [0.15, 0.2) is 66.7 Å². The number of hydrogen-bond donors (Lipinski definition) is 0. The van der Waals surface area contributed by atoms with Gasteiger partial charge >= 0.3 is 5.97 Å². The smallest absolute Gasteiger partial charge is 0.322 e. The first-order valence-electron chi connectivity index (χ1n) is 8.46. The summed E-state index contributed by atoms with van der Waals surface area (Å²) >= 11 is 1.43. The van der Waals surface area contributed by atoms with E-state index in [1.165, 1.54) is 11.3 Å². The molecule has 0 aliphatic carbocycles. The summed E-state index contributed by atoms with van der Waals surface area (Å²) < 4.78 is 6.56. The van der Waals surface area contributed by atoms with Crippen LogP contribution in [-0.2, 0) is 11.2 Å². The van der Waals surface area contributed by atoms with Crippen LogP contribution in [0.25, 0.3) is 20.9 Å². The van der Waals surface area contributed by atoms with Crippen LogP contribution in [0.2, 0.25) is 0 Å². The lowest BCUT2D eigenvalue weighted by molar-refractivity contribution is -0.138. The van der Waals surface area contributed by atoms with Crippen LogP contribution in [0.3, 0.4) is 0 Å². The Hall–Kier alpha value is -2.98. The van der Waals surface area contributed by atoms with Crippen molar-refractivity contribution >= 4 is 43.9 Å². The van der Waals surface area contributed by atoms with E-state index in [0.29, 0.717) is 17.0 Å². The van der Waals surface area contributed by atoms with Crippen molar-refractivity contribution in [3.05, 3.63) is 77.2 Å². The average molecular weight is 358 g/mol. The first kappa shape index (κ1) is 15.3. The molecule has 0 saturated carbocycles. The van der Waals surface area contributed by atoms with E-state index >= 15 is 0 Å². The Labute approximate surface area is 153 Å². The van der Waals surface area contributed by atoms with Crippen LogP contribution in [0.5, 0.6) is 5.75 Å². The SMILES string of the molecule is O=C1Oc2ccc3ccccc3c2CC1C(=O)c1cc2ccccc2s1. The molecule has 0 radical (unpaired) electrons. The fraction of sp³-hybridized carbons (Fsp3) is 0.0909. The van der Waals surface area contributed by atoms with Gasteiger partial charge in [-0.2, -0.15) is 0 Å². The highest BCUT2D eigenvalue weighted by atomic mass is 32.1. The highest BCUT2D eigenvalue weighted by Gasteiger charge is 2.36. The van der Waals surface area contributed by atoms with E-state index in [9.17, 15) is 9.59 Å². The van der Waals surface area contributed by atoms with Crippen LogP contribution in [-0.4, -0.2) is 11.8 Å². The van der Waals surface area contributed by atoms with Crippen LogP contribution in [0.4, 0.5) is 0 Å². The maximum atomic E-state index is 13.0. The van der Waals surface area contributed by atoms with E-state index in [-0.39, 0.29) is 5.78 Å². The van der Waals surface area contributed by atoms with Gasteiger partial charge in [-0.1, -0.05) is 48.5 Å². The summed E-state index contributed by atoms with van der Waals surface area (Å²) in [5.41, 5.74) is 0.933. The summed E-state index contributed by atoms with van der Waals surface area (Å²) in [6.45, 7) is 0. The van der Waals surface area contributed by atoms with E-state index in [1.807, 2.05) is 66.7 Å². The van der Waals surface area contributed by atoms with Crippen molar-refractivity contribution in [3.8, 4) is 5.75 Å². The molecule has 0 saturated heterocycles. The zero-order valence-electron chi connectivity index (χ0n) is 13.8. The number of benzene rings is 3. The highest BCUT2D eigenvalue weighted by Crippen LogP contribution is 2.36. The molecule has 4 heteroatoms. The molecule has 1 aliphatic rings. The van der Waals surface area contributed by atoms with Gasteiger partial charge < -0.3 is 4.74 Å². The Morgan fingerprint density at radius 2 is 1.73 bits per heavy atom. The number of fused-ring (bicyclic) bond motifs is 4. The minimum atomic E-state index is -0.790. The van der Waals surface area contributed by atoms with Gasteiger partial charge in [-0.3, -0.25) is 9.59 Å². The molecule has 0 spiro atoms. The predicted octanol–water partition coefficient (Wildman–Crippen LogP) is 5.02. The molecule has 0 amide bonds. The molecule has 1 aliphatic heterocycles.